The number of fused-ring (bicyclic) bond motifs is 1. The minimum absolute atomic E-state index is 0.598. The Kier molecular flexibility index (Phi) is 2.85. The summed E-state index contributed by atoms with van der Waals surface area (Å²) in [7, 11) is 0. The van der Waals surface area contributed by atoms with Crippen molar-refractivity contribution in [2.75, 3.05) is 13.1 Å². The van der Waals surface area contributed by atoms with E-state index in [1.807, 2.05) is 12.3 Å². The third-order valence-corrected chi connectivity index (χ3v) is 4.02. The second-order valence-electron chi connectivity index (χ2n) is 5.04. The summed E-state index contributed by atoms with van der Waals surface area (Å²) >= 11 is 0. The van der Waals surface area contributed by atoms with Crippen molar-refractivity contribution in [1.82, 2.24) is 15.3 Å². The maximum Gasteiger partial charge on any atom is 0.137 e. The lowest BCUT2D eigenvalue weighted by atomic mass is 9.83. The Morgan fingerprint density at radius 2 is 2.41 bits per heavy atom. The zero-order chi connectivity index (χ0) is 11.7. The number of hydrogen-bond donors (Lipinski definition) is 2. The van der Waals surface area contributed by atoms with Gasteiger partial charge in [0.1, 0.15) is 5.65 Å². The minimum Gasteiger partial charge on any atom is -0.346 e. The van der Waals surface area contributed by atoms with E-state index in [1.165, 1.54) is 30.3 Å². The lowest BCUT2D eigenvalue weighted by molar-refractivity contribution is 0.335. The van der Waals surface area contributed by atoms with Gasteiger partial charge in [-0.05, 0) is 55.5 Å². The molecule has 1 fully saturated rings. The lowest BCUT2D eigenvalue weighted by Gasteiger charge is -2.28. The standard InChI is InChI=1S/C14H19N3/c1-10(11-4-2-6-15-8-11)13-9-17-14-12(13)5-3-7-16-14/h3,5,7,9-11,15H,2,4,6,8H2,1H3,(H,16,17). The molecule has 3 heterocycles. The second kappa shape index (κ2) is 4.49. The van der Waals surface area contributed by atoms with Crippen LogP contribution in [0.2, 0.25) is 0 Å². The van der Waals surface area contributed by atoms with Crippen molar-refractivity contribution in [2.45, 2.75) is 25.7 Å². The number of pyridine rings is 1. The predicted molar refractivity (Wildman–Crippen MR) is 70.1 cm³/mol. The van der Waals surface area contributed by atoms with Gasteiger partial charge in [0.2, 0.25) is 0 Å². The first-order chi connectivity index (χ1) is 8.36. The highest BCUT2D eigenvalue weighted by molar-refractivity contribution is 5.80. The summed E-state index contributed by atoms with van der Waals surface area (Å²) in [6.07, 6.45) is 6.61. The van der Waals surface area contributed by atoms with E-state index in [-0.39, 0.29) is 0 Å². The first kappa shape index (κ1) is 10.8. The normalized spacial score (nSPS) is 22.8. The maximum atomic E-state index is 4.36. The summed E-state index contributed by atoms with van der Waals surface area (Å²) in [4.78, 5) is 7.63. The quantitative estimate of drug-likeness (QED) is 0.831. The van der Waals surface area contributed by atoms with Gasteiger partial charge in [-0.2, -0.15) is 0 Å². The number of hydrogen-bond acceptors (Lipinski definition) is 2. The fourth-order valence-electron chi connectivity index (χ4n) is 2.91. The van der Waals surface area contributed by atoms with E-state index < -0.39 is 0 Å². The van der Waals surface area contributed by atoms with Gasteiger partial charge < -0.3 is 10.3 Å². The molecule has 0 spiro atoms. The summed E-state index contributed by atoms with van der Waals surface area (Å²) in [5.74, 6) is 1.35. The van der Waals surface area contributed by atoms with Crippen LogP contribution in [-0.4, -0.2) is 23.1 Å². The van der Waals surface area contributed by atoms with E-state index in [4.69, 9.17) is 0 Å². The molecule has 90 valence electrons. The zero-order valence-corrected chi connectivity index (χ0v) is 10.2. The van der Waals surface area contributed by atoms with Crippen molar-refractivity contribution in [3.8, 4) is 0 Å². The molecule has 3 rings (SSSR count). The third-order valence-electron chi connectivity index (χ3n) is 4.02. The Morgan fingerprint density at radius 3 is 3.24 bits per heavy atom. The molecule has 2 aromatic heterocycles. The van der Waals surface area contributed by atoms with Crippen LogP contribution in [0.15, 0.2) is 24.5 Å². The van der Waals surface area contributed by atoms with Gasteiger partial charge in [0.05, 0.1) is 0 Å². The summed E-state index contributed by atoms with van der Waals surface area (Å²) in [5, 5.41) is 4.78. The third kappa shape index (κ3) is 1.95. The highest BCUT2D eigenvalue weighted by atomic mass is 14.9. The molecule has 0 saturated carbocycles. The first-order valence-electron chi connectivity index (χ1n) is 6.49. The average molecular weight is 229 g/mol. The molecule has 0 amide bonds. The number of aromatic nitrogens is 2. The SMILES string of the molecule is CC(c1c[nH]c2ncccc12)C1CCCNC1. The number of nitrogens with zero attached hydrogens (tertiary/aromatic N) is 1. The molecule has 2 N–H and O–H groups in total. The summed E-state index contributed by atoms with van der Waals surface area (Å²) in [6.45, 7) is 4.67. The van der Waals surface area contributed by atoms with Crippen LogP contribution in [0.1, 0.15) is 31.2 Å². The van der Waals surface area contributed by atoms with Crippen LogP contribution in [0.4, 0.5) is 0 Å². The first-order valence-corrected chi connectivity index (χ1v) is 6.49. The fraction of sp³-hybridized carbons (Fsp3) is 0.500. The van der Waals surface area contributed by atoms with Crippen LogP contribution in [0.5, 0.6) is 0 Å². The molecule has 2 aromatic rings. The maximum absolute atomic E-state index is 4.36. The van der Waals surface area contributed by atoms with E-state index in [0.29, 0.717) is 5.92 Å². The molecule has 2 unspecified atom stereocenters. The molecule has 0 bridgehead atoms. The Labute approximate surface area is 102 Å². The second-order valence-corrected chi connectivity index (χ2v) is 5.04. The summed E-state index contributed by atoms with van der Waals surface area (Å²) in [5.41, 5.74) is 2.43. The van der Waals surface area contributed by atoms with Crippen molar-refractivity contribution < 1.29 is 0 Å². The molecule has 1 aliphatic heterocycles. The molecule has 0 radical (unpaired) electrons. The van der Waals surface area contributed by atoms with E-state index in [2.05, 4.69) is 34.5 Å². The van der Waals surface area contributed by atoms with Crippen LogP contribution >= 0.6 is 0 Å². The number of rotatable bonds is 2. The number of nitrogens with one attached hydrogen (secondary N) is 2. The molecule has 17 heavy (non-hydrogen) atoms. The van der Waals surface area contributed by atoms with E-state index in [0.717, 1.165) is 18.1 Å². The number of aromatic amines is 1. The smallest absolute Gasteiger partial charge is 0.137 e. The Hall–Kier alpha value is -1.35. The van der Waals surface area contributed by atoms with Gasteiger partial charge in [0.15, 0.2) is 0 Å². The molecular formula is C14H19N3. The topological polar surface area (TPSA) is 40.7 Å². The van der Waals surface area contributed by atoms with Crippen LogP contribution < -0.4 is 5.32 Å². The van der Waals surface area contributed by atoms with Crippen molar-refractivity contribution in [3.63, 3.8) is 0 Å². The molecule has 0 aliphatic carbocycles. The summed E-state index contributed by atoms with van der Waals surface area (Å²) in [6, 6.07) is 4.19. The largest absolute Gasteiger partial charge is 0.346 e. The molecule has 3 nitrogen and oxygen atoms in total. The Bertz CT molecular complexity index is 497. The lowest BCUT2D eigenvalue weighted by Crippen LogP contribution is -2.32. The van der Waals surface area contributed by atoms with Crippen LogP contribution in [0.25, 0.3) is 11.0 Å². The molecule has 0 aromatic carbocycles. The monoisotopic (exact) mass is 229 g/mol. The molecule has 2 atom stereocenters. The van der Waals surface area contributed by atoms with Gasteiger partial charge in [-0.25, -0.2) is 4.98 Å². The van der Waals surface area contributed by atoms with Gasteiger partial charge in [0, 0.05) is 17.8 Å². The van der Waals surface area contributed by atoms with Crippen molar-refractivity contribution in [2.24, 2.45) is 5.92 Å². The van der Waals surface area contributed by atoms with Gasteiger partial charge in [0.25, 0.3) is 0 Å². The average Bonchev–Trinajstić information content (AvgIpc) is 2.83. The highest BCUT2D eigenvalue weighted by Gasteiger charge is 2.23. The van der Waals surface area contributed by atoms with Gasteiger partial charge >= 0.3 is 0 Å². The number of piperidine rings is 1. The van der Waals surface area contributed by atoms with Gasteiger partial charge in [-0.1, -0.05) is 6.92 Å². The molecule has 1 saturated heterocycles. The van der Waals surface area contributed by atoms with Crippen LogP contribution in [0.3, 0.4) is 0 Å². The van der Waals surface area contributed by atoms with Crippen LogP contribution in [-0.2, 0) is 0 Å². The van der Waals surface area contributed by atoms with E-state index in [9.17, 15) is 0 Å². The van der Waals surface area contributed by atoms with E-state index >= 15 is 0 Å². The van der Waals surface area contributed by atoms with Crippen LogP contribution in [0, 0.1) is 5.92 Å². The van der Waals surface area contributed by atoms with Crippen molar-refractivity contribution in [1.29, 1.82) is 0 Å². The van der Waals surface area contributed by atoms with Gasteiger partial charge in [-0.3, -0.25) is 0 Å². The molecule has 1 aliphatic rings. The van der Waals surface area contributed by atoms with Crippen molar-refractivity contribution >= 4 is 11.0 Å². The molecular weight excluding hydrogens is 210 g/mol. The fourth-order valence-corrected chi connectivity index (χ4v) is 2.91. The number of H-pyrrole nitrogens is 1. The zero-order valence-electron chi connectivity index (χ0n) is 10.2. The minimum atomic E-state index is 0.598. The Balaban J connectivity index is 1.92. The van der Waals surface area contributed by atoms with Gasteiger partial charge in [-0.15, -0.1) is 0 Å². The highest BCUT2D eigenvalue weighted by Crippen LogP contribution is 2.32. The summed E-state index contributed by atoms with van der Waals surface area (Å²) < 4.78 is 0. The predicted octanol–water partition coefficient (Wildman–Crippen LogP) is 2.67. The molecule has 3 heteroatoms. The van der Waals surface area contributed by atoms with E-state index in [1.54, 1.807) is 0 Å². The Morgan fingerprint density at radius 1 is 1.47 bits per heavy atom. The van der Waals surface area contributed by atoms with Crippen molar-refractivity contribution in [3.05, 3.63) is 30.1 Å².